The SMILES string of the molecule is CC(=O)NC(CC(C)C)C(=O)NC(Cc1ccccc1)C(=O)NC(Cc1ccccc1)C(=O)NC(CCC(=O)O)C(=O)CF. The summed E-state index contributed by atoms with van der Waals surface area (Å²) in [6, 6.07) is 12.9. The molecular weight excluding hydrogens is 571 g/mol. The molecule has 5 N–H and O–H groups in total. The van der Waals surface area contributed by atoms with Gasteiger partial charge in [-0.15, -0.1) is 0 Å². The Balaban J connectivity index is 2.37. The van der Waals surface area contributed by atoms with Crippen LogP contribution in [0.2, 0.25) is 0 Å². The number of rotatable bonds is 18. The van der Waals surface area contributed by atoms with Crippen LogP contribution in [-0.2, 0) is 41.6 Å². The van der Waals surface area contributed by atoms with Crippen molar-refractivity contribution in [2.24, 2.45) is 5.92 Å². The van der Waals surface area contributed by atoms with Gasteiger partial charge in [-0.2, -0.15) is 0 Å². The minimum absolute atomic E-state index is 0.0122. The van der Waals surface area contributed by atoms with Gasteiger partial charge in [0.2, 0.25) is 23.6 Å². The Labute approximate surface area is 256 Å². The van der Waals surface area contributed by atoms with Gasteiger partial charge in [0, 0.05) is 26.2 Å². The molecule has 0 fully saturated rings. The smallest absolute Gasteiger partial charge is 0.303 e. The minimum atomic E-state index is -1.41. The normalized spacial score (nSPS) is 13.6. The number of amides is 4. The highest BCUT2D eigenvalue weighted by Crippen LogP contribution is 2.10. The van der Waals surface area contributed by atoms with Crippen molar-refractivity contribution in [2.75, 3.05) is 6.67 Å². The number of carboxylic acid groups (broad SMARTS) is 1. The average molecular weight is 613 g/mol. The summed E-state index contributed by atoms with van der Waals surface area (Å²) < 4.78 is 13.2. The first-order chi connectivity index (χ1) is 20.9. The lowest BCUT2D eigenvalue weighted by molar-refractivity contribution is -0.138. The van der Waals surface area contributed by atoms with Gasteiger partial charge in [-0.3, -0.25) is 28.8 Å². The fourth-order valence-corrected chi connectivity index (χ4v) is 4.56. The molecule has 0 saturated carbocycles. The first-order valence-electron chi connectivity index (χ1n) is 14.5. The van der Waals surface area contributed by atoms with Crippen molar-refractivity contribution >= 4 is 35.4 Å². The number of halogens is 1. The summed E-state index contributed by atoms with van der Waals surface area (Å²) in [4.78, 5) is 75.5. The molecule has 0 heterocycles. The lowest BCUT2D eigenvalue weighted by atomic mass is 10.00. The van der Waals surface area contributed by atoms with Crippen LogP contribution in [0.5, 0.6) is 0 Å². The fourth-order valence-electron chi connectivity index (χ4n) is 4.56. The van der Waals surface area contributed by atoms with Gasteiger partial charge >= 0.3 is 5.97 Å². The molecule has 0 radical (unpaired) electrons. The van der Waals surface area contributed by atoms with Crippen LogP contribution in [0, 0.1) is 5.92 Å². The van der Waals surface area contributed by atoms with Crippen molar-refractivity contribution in [3.05, 3.63) is 71.8 Å². The fraction of sp³-hybridized carbons (Fsp3) is 0.438. The second-order valence-corrected chi connectivity index (χ2v) is 11.0. The monoisotopic (exact) mass is 612 g/mol. The summed E-state index contributed by atoms with van der Waals surface area (Å²) in [5.41, 5.74) is 1.39. The lowest BCUT2D eigenvalue weighted by Crippen LogP contribution is -2.58. The Kier molecular flexibility index (Phi) is 14.7. The zero-order chi connectivity index (χ0) is 32.6. The number of hydrogen-bond acceptors (Lipinski definition) is 6. The number of carbonyl (C=O) groups is 6. The molecule has 2 aromatic carbocycles. The van der Waals surface area contributed by atoms with E-state index in [1.165, 1.54) is 6.92 Å². The molecule has 238 valence electrons. The van der Waals surface area contributed by atoms with E-state index in [1.54, 1.807) is 60.7 Å². The van der Waals surface area contributed by atoms with Gasteiger partial charge in [-0.1, -0.05) is 74.5 Å². The second kappa shape index (κ2) is 18.1. The molecule has 12 heteroatoms. The summed E-state index contributed by atoms with van der Waals surface area (Å²) in [7, 11) is 0. The van der Waals surface area contributed by atoms with Crippen molar-refractivity contribution in [2.45, 2.75) is 77.0 Å². The maximum absolute atomic E-state index is 13.7. The maximum Gasteiger partial charge on any atom is 0.303 e. The van der Waals surface area contributed by atoms with E-state index in [1.807, 2.05) is 13.8 Å². The van der Waals surface area contributed by atoms with E-state index in [9.17, 15) is 33.2 Å². The predicted octanol–water partition coefficient (Wildman–Crippen LogP) is 1.88. The van der Waals surface area contributed by atoms with Gasteiger partial charge in [0.15, 0.2) is 5.78 Å². The predicted molar refractivity (Wildman–Crippen MR) is 161 cm³/mol. The number of ketones is 1. The van der Waals surface area contributed by atoms with Crippen molar-refractivity contribution in [1.82, 2.24) is 21.3 Å². The van der Waals surface area contributed by atoms with Crippen LogP contribution >= 0.6 is 0 Å². The van der Waals surface area contributed by atoms with Crippen LogP contribution in [0.4, 0.5) is 4.39 Å². The minimum Gasteiger partial charge on any atom is -0.481 e. The van der Waals surface area contributed by atoms with Crippen molar-refractivity contribution in [1.29, 1.82) is 0 Å². The lowest BCUT2D eigenvalue weighted by Gasteiger charge is -2.27. The molecule has 4 amide bonds. The molecule has 0 aliphatic carbocycles. The van der Waals surface area contributed by atoms with Gasteiger partial charge in [0.25, 0.3) is 0 Å². The van der Waals surface area contributed by atoms with Gasteiger partial charge < -0.3 is 26.4 Å². The topological polar surface area (TPSA) is 171 Å². The molecule has 0 aliphatic rings. The van der Waals surface area contributed by atoms with Crippen molar-refractivity contribution in [3.63, 3.8) is 0 Å². The number of Topliss-reactive ketones (excluding diaryl/α,β-unsaturated/α-hetero) is 1. The molecule has 44 heavy (non-hydrogen) atoms. The maximum atomic E-state index is 13.7. The van der Waals surface area contributed by atoms with E-state index in [4.69, 9.17) is 5.11 Å². The highest BCUT2D eigenvalue weighted by Gasteiger charge is 2.32. The first kappa shape index (κ1) is 35.6. The van der Waals surface area contributed by atoms with E-state index < -0.39 is 72.6 Å². The van der Waals surface area contributed by atoms with Crippen LogP contribution in [0.1, 0.15) is 51.2 Å². The van der Waals surface area contributed by atoms with Crippen LogP contribution in [-0.4, -0.2) is 71.3 Å². The largest absolute Gasteiger partial charge is 0.481 e. The van der Waals surface area contributed by atoms with E-state index in [-0.39, 0.29) is 25.2 Å². The average Bonchev–Trinajstić information content (AvgIpc) is 2.98. The molecule has 11 nitrogen and oxygen atoms in total. The Morgan fingerprint density at radius 3 is 1.50 bits per heavy atom. The number of benzene rings is 2. The number of carboxylic acids is 1. The van der Waals surface area contributed by atoms with Gasteiger partial charge in [-0.25, -0.2) is 4.39 Å². The van der Waals surface area contributed by atoms with Gasteiger partial charge in [0.05, 0.1) is 6.04 Å². The van der Waals surface area contributed by atoms with Gasteiger partial charge in [-0.05, 0) is 29.9 Å². The van der Waals surface area contributed by atoms with E-state index in [0.29, 0.717) is 12.0 Å². The van der Waals surface area contributed by atoms with Crippen LogP contribution in [0.15, 0.2) is 60.7 Å². The number of nitrogens with one attached hydrogen (secondary N) is 4. The van der Waals surface area contributed by atoms with Crippen LogP contribution in [0.3, 0.4) is 0 Å². The Bertz CT molecular complexity index is 1270. The summed E-state index contributed by atoms with van der Waals surface area (Å²) >= 11 is 0. The Hall–Kier alpha value is -4.61. The number of alkyl halides is 1. The van der Waals surface area contributed by atoms with Crippen molar-refractivity contribution < 1.29 is 38.3 Å². The molecule has 0 spiro atoms. The Morgan fingerprint density at radius 2 is 1.11 bits per heavy atom. The number of carbonyl (C=O) groups excluding carboxylic acids is 5. The molecule has 2 aromatic rings. The molecule has 0 saturated heterocycles. The summed E-state index contributed by atoms with van der Waals surface area (Å²) in [6.45, 7) is 3.66. The Morgan fingerprint density at radius 1 is 0.682 bits per heavy atom. The second-order valence-electron chi connectivity index (χ2n) is 11.0. The van der Waals surface area contributed by atoms with Crippen molar-refractivity contribution in [3.8, 4) is 0 Å². The third-order valence-electron chi connectivity index (χ3n) is 6.72. The van der Waals surface area contributed by atoms with E-state index >= 15 is 0 Å². The molecule has 4 atom stereocenters. The zero-order valence-electron chi connectivity index (χ0n) is 25.2. The van der Waals surface area contributed by atoms with E-state index in [2.05, 4.69) is 21.3 Å². The summed E-state index contributed by atoms with van der Waals surface area (Å²) in [5.74, 6) is -4.67. The summed E-state index contributed by atoms with van der Waals surface area (Å²) in [6.07, 6.45) is -0.438. The highest BCUT2D eigenvalue weighted by atomic mass is 19.1. The van der Waals surface area contributed by atoms with Crippen LogP contribution < -0.4 is 21.3 Å². The third-order valence-corrected chi connectivity index (χ3v) is 6.72. The molecule has 0 bridgehead atoms. The molecule has 0 aliphatic heterocycles. The quantitative estimate of drug-likeness (QED) is 0.171. The van der Waals surface area contributed by atoms with Crippen LogP contribution in [0.25, 0.3) is 0 Å². The van der Waals surface area contributed by atoms with E-state index in [0.717, 1.165) is 5.56 Å². The standard InChI is InChI=1S/C32H41FN4O7/c1-20(2)16-25(34-21(3)38)30(42)36-27(18-23-12-8-5-9-13-23)32(44)37-26(17-22-10-6-4-7-11-22)31(43)35-24(28(39)19-33)14-15-29(40)41/h4-13,20,24-27H,14-19H2,1-3H3,(H,34,38)(H,35,43)(H,36,42)(H,37,44)(H,40,41). The van der Waals surface area contributed by atoms with Gasteiger partial charge in [0.1, 0.15) is 24.8 Å². The highest BCUT2D eigenvalue weighted by molar-refractivity contribution is 5.96. The zero-order valence-corrected chi connectivity index (χ0v) is 25.2. The number of hydrogen-bond donors (Lipinski definition) is 5. The summed E-state index contributed by atoms with van der Waals surface area (Å²) in [5, 5.41) is 19.4. The molecular formula is C32H41FN4O7. The molecule has 0 aromatic heterocycles. The molecule has 2 rings (SSSR count). The third kappa shape index (κ3) is 12.7. The molecule has 4 unspecified atom stereocenters. The number of aliphatic carboxylic acids is 1. The first-order valence-corrected chi connectivity index (χ1v) is 14.5.